The summed E-state index contributed by atoms with van der Waals surface area (Å²) < 4.78 is 4.62. The summed E-state index contributed by atoms with van der Waals surface area (Å²) in [6.07, 6.45) is 7.90. The Kier molecular flexibility index (Phi) is 7.53. The third-order valence-corrected chi connectivity index (χ3v) is 6.14. The first-order valence-corrected chi connectivity index (χ1v) is 11.8. The largest absolute Gasteiger partial charge is 0.355 e. The van der Waals surface area contributed by atoms with Crippen molar-refractivity contribution >= 4 is 39.9 Å². The molecule has 3 N–H and O–H groups in total. The molecule has 5 heteroatoms. The van der Waals surface area contributed by atoms with E-state index in [4.69, 9.17) is 5.73 Å². The molecule has 0 saturated carbocycles. The molecule has 33 heavy (non-hydrogen) atoms. The second-order valence-electron chi connectivity index (χ2n) is 8.44. The van der Waals surface area contributed by atoms with Crippen LogP contribution in [0.25, 0.3) is 34.0 Å². The number of nitrogens with two attached hydrogens (primary N) is 1. The van der Waals surface area contributed by atoms with Gasteiger partial charge >= 0.3 is 0 Å². The molecule has 2 aromatic carbocycles. The number of fused-ring (bicyclic) bond motifs is 2. The summed E-state index contributed by atoms with van der Waals surface area (Å²) in [7, 11) is 2.11. The number of hydrogen-bond donors (Lipinski definition) is 2. The average molecular weight is 442 g/mol. The molecular weight excluding hydrogens is 408 g/mol. The van der Waals surface area contributed by atoms with Crippen LogP contribution in [0.2, 0.25) is 0 Å². The number of para-hydroxylation sites is 2. The van der Waals surface area contributed by atoms with Gasteiger partial charge in [0.05, 0.1) is 0 Å². The Bertz CT molecular complexity index is 1270. The number of unbranched alkanes of at least 4 members (excludes halogenated alkanes) is 2. The van der Waals surface area contributed by atoms with E-state index >= 15 is 0 Å². The van der Waals surface area contributed by atoms with Crippen molar-refractivity contribution in [2.45, 2.75) is 32.2 Å². The first-order valence-electron chi connectivity index (χ1n) is 11.8. The summed E-state index contributed by atoms with van der Waals surface area (Å²) in [6.45, 7) is 1.95. The van der Waals surface area contributed by atoms with E-state index in [1.54, 1.807) is 0 Å². The average Bonchev–Trinajstić information content (AvgIpc) is 3.17. The molecule has 5 nitrogen and oxygen atoms in total. The maximum absolute atomic E-state index is 11.8. The Hall–Kier alpha value is -3.44. The molecule has 0 aliphatic rings. The molecule has 0 saturated heterocycles. The zero-order chi connectivity index (χ0) is 23.0. The highest BCUT2D eigenvalue weighted by molar-refractivity contribution is 5.85. The predicted molar refractivity (Wildman–Crippen MR) is 137 cm³/mol. The van der Waals surface area contributed by atoms with Gasteiger partial charge in [0.15, 0.2) is 0 Å². The van der Waals surface area contributed by atoms with Gasteiger partial charge in [-0.3, -0.25) is 4.79 Å². The van der Waals surface area contributed by atoms with Crippen LogP contribution in [0.15, 0.2) is 66.7 Å². The lowest BCUT2D eigenvalue weighted by Gasteiger charge is -2.06. The summed E-state index contributed by atoms with van der Waals surface area (Å²) in [5.74, 6) is 0.0943. The van der Waals surface area contributed by atoms with E-state index in [-0.39, 0.29) is 5.91 Å². The molecular formula is C28H33N4O+. The van der Waals surface area contributed by atoms with Gasteiger partial charge in [0.2, 0.25) is 17.1 Å². The number of aryl methyl sites for hydroxylation is 2. The van der Waals surface area contributed by atoms with Crippen LogP contribution in [0, 0.1) is 0 Å². The second kappa shape index (κ2) is 10.9. The molecule has 170 valence electrons. The number of amides is 1. The standard InChI is InChI=1S/C28H32N4O/c1-31-25(21-23-10-5-6-11-26(23)31)17-16-24-15-14-22-9-4-7-12-27(22)32(24)20-8-2-3-13-28(33)30-19-18-29/h4-7,9-12,14-17,21H,2-3,8,13,18-20,29H2,1H3/p+1. The van der Waals surface area contributed by atoms with Crippen molar-refractivity contribution in [1.82, 2.24) is 9.88 Å². The van der Waals surface area contributed by atoms with Crippen molar-refractivity contribution in [2.24, 2.45) is 12.8 Å². The zero-order valence-electron chi connectivity index (χ0n) is 19.3. The third kappa shape index (κ3) is 5.49. The fourth-order valence-corrected chi connectivity index (χ4v) is 4.35. The molecule has 0 spiro atoms. The van der Waals surface area contributed by atoms with Crippen LogP contribution in [-0.2, 0) is 18.4 Å². The number of carbonyl (C=O) groups excluding carboxylic acids is 1. The van der Waals surface area contributed by atoms with E-state index in [1.807, 2.05) is 0 Å². The van der Waals surface area contributed by atoms with Crippen LogP contribution in [0.5, 0.6) is 0 Å². The summed E-state index contributed by atoms with van der Waals surface area (Å²) in [5, 5.41) is 5.33. The summed E-state index contributed by atoms with van der Waals surface area (Å²) in [4.78, 5) is 11.8. The number of nitrogens with one attached hydrogen (secondary N) is 1. The maximum Gasteiger partial charge on any atom is 0.220 e. The molecule has 0 bridgehead atoms. The Labute approximate surface area is 195 Å². The van der Waals surface area contributed by atoms with Gasteiger partial charge in [0.25, 0.3) is 0 Å². The minimum absolute atomic E-state index is 0.0943. The van der Waals surface area contributed by atoms with Gasteiger partial charge in [0, 0.05) is 73.2 Å². The number of nitrogens with zero attached hydrogens (tertiary/aromatic N) is 2. The number of hydrogen-bond acceptors (Lipinski definition) is 2. The highest BCUT2D eigenvalue weighted by Crippen LogP contribution is 2.20. The van der Waals surface area contributed by atoms with E-state index in [2.05, 4.69) is 100 Å². The normalized spacial score (nSPS) is 11.6. The van der Waals surface area contributed by atoms with Gasteiger partial charge in [-0.2, -0.15) is 4.57 Å². The lowest BCUT2D eigenvalue weighted by Crippen LogP contribution is -2.38. The lowest BCUT2D eigenvalue weighted by molar-refractivity contribution is -0.673. The van der Waals surface area contributed by atoms with Crippen LogP contribution in [-0.4, -0.2) is 23.6 Å². The van der Waals surface area contributed by atoms with Crippen molar-refractivity contribution < 1.29 is 9.36 Å². The topological polar surface area (TPSA) is 63.9 Å². The highest BCUT2D eigenvalue weighted by atomic mass is 16.1. The Balaban J connectivity index is 1.51. The Morgan fingerprint density at radius 1 is 0.970 bits per heavy atom. The quantitative estimate of drug-likeness (QED) is 0.283. The first kappa shape index (κ1) is 22.7. The monoisotopic (exact) mass is 441 g/mol. The van der Waals surface area contributed by atoms with E-state index in [1.165, 1.54) is 33.2 Å². The van der Waals surface area contributed by atoms with E-state index in [9.17, 15) is 4.79 Å². The van der Waals surface area contributed by atoms with Crippen molar-refractivity contribution in [3.05, 3.63) is 78.1 Å². The fourth-order valence-electron chi connectivity index (χ4n) is 4.35. The lowest BCUT2D eigenvalue weighted by atomic mass is 10.1. The number of aromatic nitrogens is 2. The molecule has 4 aromatic rings. The van der Waals surface area contributed by atoms with Crippen molar-refractivity contribution in [2.75, 3.05) is 13.1 Å². The molecule has 4 rings (SSSR count). The highest BCUT2D eigenvalue weighted by Gasteiger charge is 2.14. The minimum Gasteiger partial charge on any atom is -0.355 e. The van der Waals surface area contributed by atoms with Gasteiger partial charge in [-0.05, 0) is 43.2 Å². The van der Waals surface area contributed by atoms with Crippen molar-refractivity contribution in [1.29, 1.82) is 0 Å². The molecule has 0 atom stereocenters. The second-order valence-corrected chi connectivity index (χ2v) is 8.44. The van der Waals surface area contributed by atoms with Crippen LogP contribution in [0.1, 0.15) is 37.1 Å². The van der Waals surface area contributed by atoms with Gasteiger partial charge < -0.3 is 15.6 Å². The van der Waals surface area contributed by atoms with Crippen LogP contribution in [0.4, 0.5) is 0 Å². The van der Waals surface area contributed by atoms with Crippen molar-refractivity contribution in [3.8, 4) is 0 Å². The smallest absolute Gasteiger partial charge is 0.220 e. The summed E-state index contributed by atoms with van der Waals surface area (Å²) >= 11 is 0. The fraction of sp³-hybridized carbons (Fsp3) is 0.286. The van der Waals surface area contributed by atoms with Crippen molar-refractivity contribution in [3.63, 3.8) is 0 Å². The van der Waals surface area contributed by atoms with Gasteiger partial charge in [0.1, 0.15) is 6.54 Å². The minimum atomic E-state index is 0.0943. The van der Waals surface area contributed by atoms with E-state index < -0.39 is 0 Å². The Morgan fingerprint density at radius 3 is 2.58 bits per heavy atom. The summed E-state index contributed by atoms with van der Waals surface area (Å²) in [5.41, 5.74) is 10.3. The van der Waals surface area contributed by atoms with Crippen LogP contribution in [0.3, 0.4) is 0 Å². The molecule has 2 heterocycles. The molecule has 0 aliphatic heterocycles. The first-order chi connectivity index (χ1) is 16.2. The zero-order valence-corrected chi connectivity index (χ0v) is 19.3. The van der Waals surface area contributed by atoms with Gasteiger partial charge in [-0.25, -0.2) is 0 Å². The van der Waals surface area contributed by atoms with Gasteiger partial charge in [-0.15, -0.1) is 0 Å². The summed E-state index contributed by atoms with van der Waals surface area (Å²) in [6, 6.07) is 23.6. The Morgan fingerprint density at radius 2 is 1.76 bits per heavy atom. The molecule has 2 aromatic heterocycles. The number of rotatable bonds is 10. The molecule has 0 unspecified atom stereocenters. The number of benzene rings is 2. The van der Waals surface area contributed by atoms with Crippen LogP contribution < -0.4 is 15.6 Å². The molecule has 1 amide bonds. The third-order valence-electron chi connectivity index (χ3n) is 6.14. The molecule has 0 radical (unpaired) electrons. The van der Waals surface area contributed by atoms with E-state index in [0.717, 1.165) is 25.8 Å². The van der Waals surface area contributed by atoms with Crippen LogP contribution >= 0.6 is 0 Å². The SMILES string of the molecule is Cn1c(/C=C/c2ccc3ccccc3[n+]2CCCCCC(=O)NCCN)cc2ccccc21. The molecule has 0 fully saturated rings. The molecule has 0 aliphatic carbocycles. The number of carbonyl (C=O) groups is 1. The van der Waals surface area contributed by atoms with Gasteiger partial charge in [-0.1, -0.05) is 30.3 Å². The van der Waals surface area contributed by atoms with E-state index in [0.29, 0.717) is 19.5 Å². The predicted octanol–water partition coefficient (Wildman–Crippen LogP) is 4.42. The maximum atomic E-state index is 11.8. The number of pyridine rings is 1.